The molecule has 0 amide bonds. The minimum absolute atomic E-state index is 0.368. The molecule has 0 bridgehead atoms. The first-order valence-electron chi connectivity index (χ1n) is 5.65. The molecule has 1 saturated heterocycles. The standard InChI is InChI=1S/C12H20N2O/c1-3-14-5-4-11(7-14)6-13-8-12(2)9-15-10-12/h4-5,7,13H,3,6,8-10H2,1-2H3. The fourth-order valence-corrected chi connectivity index (χ4v) is 1.85. The predicted molar refractivity (Wildman–Crippen MR) is 60.7 cm³/mol. The number of ether oxygens (including phenoxy) is 1. The number of hydrogen-bond acceptors (Lipinski definition) is 2. The minimum atomic E-state index is 0.368. The Labute approximate surface area is 91.4 Å². The fourth-order valence-electron chi connectivity index (χ4n) is 1.85. The van der Waals surface area contributed by atoms with Crippen LogP contribution in [0.4, 0.5) is 0 Å². The third-order valence-corrected chi connectivity index (χ3v) is 2.96. The zero-order valence-corrected chi connectivity index (χ0v) is 9.62. The van der Waals surface area contributed by atoms with E-state index in [1.54, 1.807) is 0 Å². The lowest BCUT2D eigenvalue weighted by atomic mass is 9.89. The SMILES string of the molecule is CCn1ccc(CNCC2(C)COC2)c1. The van der Waals surface area contributed by atoms with E-state index in [1.807, 2.05) is 0 Å². The van der Waals surface area contributed by atoms with Crippen LogP contribution in [-0.2, 0) is 17.8 Å². The molecule has 0 spiro atoms. The van der Waals surface area contributed by atoms with Crippen molar-refractivity contribution < 1.29 is 4.74 Å². The summed E-state index contributed by atoms with van der Waals surface area (Å²) in [7, 11) is 0. The van der Waals surface area contributed by atoms with Gasteiger partial charge in [0.15, 0.2) is 0 Å². The van der Waals surface area contributed by atoms with Gasteiger partial charge < -0.3 is 14.6 Å². The summed E-state index contributed by atoms with van der Waals surface area (Å²) in [5.41, 5.74) is 1.73. The van der Waals surface area contributed by atoms with E-state index in [2.05, 4.69) is 42.2 Å². The van der Waals surface area contributed by atoms with Crippen molar-refractivity contribution in [3.8, 4) is 0 Å². The molecule has 0 radical (unpaired) electrons. The van der Waals surface area contributed by atoms with Crippen molar-refractivity contribution in [3.63, 3.8) is 0 Å². The highest BCUT2D eigenvalue weighted by molar-refractivity contribution is 5.09. The second kappa shape index (κ2) is 4.37. The Hall–Kier alpha value is -0.800. The number of aryl methyl sites for hydroxylation is 1. The molecule has 1 N–H and O–H groups in total. The average Bonchev–Trinajstić information content (AvgIpc) is 2.63. The molecular formula is C12H20N2O. The highest BCUT2D eigenvalue weighted by Gasteiger charge is 2.32. The molecule has 2 rings (SSSR count). The van der Waals surface area contributed by atoms with Crippen LogP contribution < -0.4 is 5.32 Å². The zero-order chi connectivity index (χ0) is 10.7. The van der Waals surface area contributed by atoms with Crippen LogP contribution in [0.5, 0.6) is 0 Å². The molecule has 1 fully saturated rings. The fraction of sp³-hybridized carbons (Fsp3) is 0.667. The Kier molecular flexibility index (Phi) is 3.12. The van der Waals surface area contributed by atoms with Gasteiger partial charge in [0.05, 0.1) is 13.2 Å². The molecular weight excluding hydrogens is 188 g/mol. The Morgan fingerprint density at radius 1 is 1.53 bits per heavy atom. The third-order valence-electron chi connectivity index (χ3n) is 2.96. The molecule has 0 saturated carbocycles. The summed E-state index contributed by atoms with van der Waals surface area (Å²) in [5.74, 6) is 0. The molecule has 0 aliphatic carbocycles. The van der Waals surface area contributed by atoms with Crippen molar-refractivity contribution in [2.45, 2.75) is 26.9 Å². The number of rotatable bonds is 5. The third kappa shape index (κ3) is 2.61. The molecule has 0 aromatic carbocycles. The molecule has 84 valence electrons. The van der Waals surface area contributed by atoms with Gasteiger partial charge in [-0.05, 0) is 18.6 Å². The van der Waals surface area contributed by atoms with Crippen molar-refractivity contribution in [2.24, 2.45) is 5.41 Å². The van der Waals surface area contributed by atoms with E-state index in [9.17, 15) is 0 Å². The first-order chi connectivity index (χ1) is 7.22. The predicted octanol–water partition coefficient (Wildman–Crippen LogP) is 1.63. The molecule has 3 heteroatoms. The lowest BCUT2D eigenvalue weighted by Crippen LogP contribution is -2.47. The Morgan fingerprint density at radius 2 is 2.33 bits per heavy atom. The van der Waals surface area contributed by atoms with Crippen LogP contribution in [0.3, 0.4) is 0 Å². The van der Waals surface area contributed by atoms with E-state index < -0.39 is 0 Å². The van der Waals surface area contributed by atoms with Gasteiger partial charge in [-0.2, -0.15) is 0 Å². The maximum absolute atomic E-state index is 5.22. The summed E-state index contributed by atoms with van der Waals surface area (Å²) in [5, 5.41) is 3.49. The highest BCUT2D eigenvalue weighted by atomic mass is 16.5. The summed E-state index contributed by atoms with van der Waals surface area (Å²) < 4.78 is 7.42. The zero-order valence-electron chi connectivity index (χ0n) is 9.62. The van der Waals surface area contributed by atoms with Crippen LogP contribution in [0.1, 0.15) is 19.4 Å². The van der Waals surface area contributed by atoms with E-state index >= 15 is 0 Å². The van der Waals surface area contributed by atoms with E-state index in [0.717, 1.165) is 32.8 Å². The van der Waals surface area contributed by atoms with Gasteiger partial charge in [-0.3, -0.25) is 0 Å². The first kappa shape index (κ1) is 10.7. The van der Waals surface area contributed by atoms with E-state index in [0.29, 0.717) is 5.41 Å². The summed E-state index contributed by atoms with van der Waals surface area (Å²) in [6.07, 6.45) is 4.33. The molecule has 15 heavy (non-hydrogen) atoms. The number of hydrogen-bond donors (Lipinski definition) is 1. The van der Waals surface area contributed by atoms with Crippen LogP contribution in [-0.4, -0.2) is 24.3 Å². The van der Waals surface area contributed by atoms with Crippen molar-refractivity contribution >= 4 is 0 Å². The number of aromatic nitrogens is 1. The van der Waals surface area contributed by atoms with Gasteiger partial charge in [0.25, 0.3) is 0 Å². The van der Waals surface area contributed by atoms with Crippen molar-refractivity contribution in [3.05, 3.63) is 24.0 Å². The van der Waals surface area contributed by atoms with Crippen LogP contribution in [0, 0.1) is 5.41 Å². The summed E-state index contributed by atoms with van der Waals surface area (Å²) in [6, 6.07) is 2.18. The van der Waals surface area contributed by atoms with Gasteiger partial charge >= 0.3 is 0 Å². The van der Waals surface area contributed by atoms with Gasteiger partial charge in [0, 0.05) is 37.4 Å². The van der Waals surface area contributed by atoms with Gasteiger partial charge in [0.2, 0.25) is 0 Å². The monoisotopic (exact) mass is 208 g/mol. The molecule has 0 atom stereocenters. The molecule has 1 aromatic heterocycles. The summed E-state index contributed by atoms with van der Waals surface area (Å²) >= 11 is 0. The lowest BCUT2D eigenvalue weighted by molar-refractivity contribution is -0.0991. The maximum atomic E-state index is 5.22. The van der Waals surface area contributed by atoms with Gasteiger partial charge in [0.1, 0.15) is 0 Å². The van der Waals surface area contributed by atoms with E-state index in [4.69, 9.17) is 4.74 Å². The lowest BCUT2D eigenvalue weighted by Gasteiger charge is -2.38. The number of nitrogens with one attached hydrogen (secondary N) is 1. The van der Waals surface area contributed by atoms with Crippen LogP contribution in [0.25, 0.3) is 0 Å². The number of nitrogens with zero attached hydrogens (tertiary/aromatic N) is 1. The topological polar surface area (TPSA) is 26.2 Å². The normalized spacial score (nSPS) is 18.8. The van der Waals surface area contributed by atoms with Gasteiger partial charge in [-0.15, -0.1) is 0 Å². The Morgan fingerprint density at radius 3 is 2.87 bits per heavy atom. The Balaban J connectivity index is 1.73. The molecule has 1 aromatic rings. The molecule has 2 heterocycles. The van der Waals surface area contributed by atoms with Crippen LogP contribution in [0.2, 0.25) is 0 Å². The van der Waals surface area contributed by atoms with Crippen molar-refractivity contribution in [1.82, 2.24) is 9.88 Å². The summed E-state index contributed by atoms with van der Waals surface area (Å²) in [4.78, 5) is 0. The quantitative estimate of drug-likeness (QED) is 0.796. The summed E-state index contributed by atoms with van der Waals surface area (Å²) in [6.45, 7) is 9.27. The molecule has 1 aliphatic rings. The van der Waals surface area contributed by atoms with Gasteiger partial charge in [-0.25, -0.2) is 0 Å². The van der Waals surface area contributed by atoms with E-state index in [-0.39, 0.29) is 0 Å². The molecule has 1 aliphatic heterocycles. The van der Waals surface area contributed by atoms with Crippen molar-refractivity contribution in [1.29, 1.82) is 0 Å². The van der Waals surface area contributed by atoms with E-state index in [1.165, 1.54) is 5.56 Å². The largest absolute Gasteiger partial charge is 0.380 e. The second-order valence-corrected chi connectivity index (χ2v) is 4.76. The smallest absolute Gasteiger partial charge is 0.0554 e. The van der Waals surface area contributed by atoms with Crippen LogP contribution >= 0.6 is 0 Å². The molecule has 0 unspecified atom stereocenters. The van der Waals surface area contributed by atoms with Crippen molar-refractivity contribution in [2.75, 3.05) is 19.8 Å². The van der Waals surface area contributed by atoms with Crippen LogP contribution in [0.15, 0.2) is 18.5 Å². The Bertz CT molecular complexity index is 315. The second-order valence-electron chi connectivity index (χ2n) is 4.76. The van der Waals surface area contributed by atoms with Gasteiger partial charge in [-0.1, -0.05) is 6.92 Å². The minimum Gasteiger partial charge on any atom is -0.380 e. The first-order valence-corrected chi connectivity index (χ1v) is 5.65. The highest BCUT2D eigenvalue weighted by Crippen LogP contribution is 2.25. The average molecular weight is 208 g/mol. The molecule has 3 nitrogen and oxygen atoms in total. The maximum Gasteiger partial charge on any atom is 0.0554 e.